The first kappa shape index (κ1) is 25.4. The van der Waals surface area contributed by atoms with Gasteiger partial charge in [0.05, 0.1) is 30.8 Å². The lowest BCUT2D eigenvalue weighted by atomic mass is 9.81. The third-order valence-electron chi connectivity index (χ3n) is 6.79. The van der Waals surface area contributed by atoms with Crippen molar-refractivity contribution in [2.24, 2.45) is 11.8 Å². The molecule has 1 fully saturated rings. The van der Waals surface area contributed by atoms with Crippen LogP contribution in [-0.4, -0.2) is 58.6 Å². The van der Waals surface area contributed by atoms with E-state index in [2.05, 4.69) is 22.0 Å². The number of aliphatic hydroxyl groups excluding tert-OH is 1. The Morgan fingerprint density at radius 1 is 1.29 bits per heavy atom. The summed E-state index contributed by atoms with van der Waals surface area (Å²) in [5.41, 5.74) is 0.766. The Morgan fingerprint density at radius 2 is 2.09 bits per heavy atom. The Kier molecular flexibility index (Phi) is 8.59. The van der Waals surface area contributed by atoms with Gasteiger partial charge >= 0.3 is 5.97 Å². The molecular weight excluding hydrogens is 467 g/mol. The zero-order valence-corrected chi connectivity index (χ0v) is 20.6. The van der Waals surface area contributed by atoms with Gasteiger partial charge in [-0.05, 0) is 62.1 Å². The third-order valence-corrected chi connectivity index (χ3v) is 7.78. The number of likely N-dealkylation sites (tertiary alicyclic amines) is 1. The normalized spacial score (nSPS) is 19.5. The predicted octanol–water partition coefficient (Wildman–Crippen LogP) is 5.01. The van der Waals surface area contributed by atoms with Crippen molar-refractivity contribution in [2.75, 3.05) is 32.5 Å². The molecule has 1 aliphatic rings. The molecule has 2 unspecified atom stereocenters. The molecule has 0 saturated carbocycles. The lowest BCUT2D eigenvalue weighted by Gasteiger charge is -2.37. The molecule has 1 saturated heterocycles. The van der Waals surface area contributed by atoms with Crippen LogP contribution in [0.2, 0.25) is 0 Å². The summed E-state index contributed by atoms with van der Waals surface area (Å²) in [6.45, 7) is 2.15. The molecule has 2 aromatic carbocycles. The van der Waals surface area contributed by atoms with Crippen molar-refractivity contribution >= 4 is 28.6 Å². The molecule has 8 heteroatoms. The maximum atomic E-state index is 14.7. The van der Waals surface area contributed by atoms with E-state index >= 15 is 0 Å². The summed E-state index contributed by atoms with van der Waals surface area (Å²) in [6, 6.07) is 15.3. The minimum atomic E-state index is -1.05. The summed E-state index contributed by atoms with van der Waals surface area (Å²) < 4.78 is 20.0. The van der Waals surface area contributed by atoms with Gasteiger partial charge in [-0.3, -0.25) is 9.78 Å². The molecule has 0 spiro atoms. The standard InChI is InChI=1S/C27H31FN2O4S/c1-34-19-8-9-24-21(15-19)26(23(28)16-29-24)25(31)10-7-18-11-12-30(17-22(18)27(32)33)13-14-35-20-5-3-2-4-6-20/h2-6,8-9,15-16,18,22,25,31H,7,10-14,17H2,1H3,(H,32,33)/t18?,22?,25-/m1/s1. The zero-order valence-electron chi connectivity index (χ0n) is 19.8. The van der Waals surface area contributed by atoms with Crippen LogP contribution in [0.4, 0.5) is 4.39 Å². The number of ether oxygens (including phenoxy) is 1. The van der Waals surface area contributed by atoms with Crippen molar-refractivity contribution in [1.29, 1.82) is 0 Å². The monoisotopic (exact) mass is 498 g/mol. The molecule has 0 aliphatic carbocycles. The first-order valence-electron chi connectivity index (χ1n) is 11.9. The number of halogens is 1. The summed E-state index contributed by atoms with van der Waals surface area (Å²) in [7, 11) is 1.53. The summed E-state index contributed by atoms with van der Waals surface area (Å²) in [5.74, 6) is -0.490. The van der Waals surface area contributed by atoms with Crippen LogP contribution in [0.15, 0.2) is 59.6 Å². The minimum absolute atomic E-state index is 0.0640. The number of piperidine rings is 1. The van der Waals surface area contributed by atoms with E-state index in [4.69, 9.17) is 4.74 Å². The highest BCUT2D eigenvalue weighted by atomic mass is 32.2. The number of rotatable bonds is 10. The van der Waals surface area contributed by atoms with Crippen molar-refractivity contribution in [3.8, 4) is 5.75 Å². The Bertz CT molecular complexity index is 1150. The first-order chi connectivity index (χ1) is 17.0. The maximum Gasteiger partial charge on any atom is 0.308 e. The van der Waals surface area contributed by atoms with Crippen LogP contribution in [-0.2, 0) is 4.79 Å². The molecule has 1 aromatic heterocycles. The van der Waals surface area contributed by atoms with Crippen LogP contribution in [0.25, 0.3) is 10.9 Å². The quantitative estimate of drug-likeness (QED) is 0.380. The maximum absolute atomic E-state index is 14.7. The average Bonchev–Trinajstić information content (AvgIpc) is 2.87. The van der Waals surface area contributed by atoms with Crippen LogP contribution in [0.3, 0.4) is 0 Å². The van der Waals surface area contributed by atoms with Crippen molar-refractivity contribution in [3.05, 3.63) is 66.1 Å². The Hall–Kier alpha value is -2.68. The fraction of sp³-hybridized carbons (Fsp3) is 0.407. The average molecular weight is 499 g/mol. The second-order valence-electron chi connectivity index (χ2n) is 8.95. The van der Waals surface area contributed by atoms with Gasteiger partial charge in [0.15, 0.2) is 0 Å². The number of carboxylic acids is 1. The van der Waals surface area contributed by atoms with E-state index in [1.165, 1.54) is 12.0 Å². The molecule has 35 heavy (non-hydrogen) atoms. The molecule has 2 heterocycles. The van der Waals surface area contributed by atoms with E-state index in [1.807, 2.05) is 18.2 Å². The van der Waals surface area contributed by atoms with Gasteiger partial charge in [-0.25, -0.2) is 4.39 Å². The van der Waals surface area contributed by atoms with E-state index < -0.39 is 23.8 Å². The van der Waals surface area contributed by atoms with E-state index in [0.29, 0.717) is 29.6 Å². The number of thioether (sulfide) groups is 1. The molecule has 3 atom stereocenters. The second kappa shape index (κ2) is 11.8. The number of nitrogens with zero attached hydrogens (tertiary/aromatic N) is 2. The number of hydrogen-bond acceptors (Lipinski definition) is 6. The number of methoxy groups -OCH3 is 1. The number of benzene rings is 2. The smallest absolute Gasteiger partial charge is 0.308 e. The lowest BCUT2D eigenvalue weighted by Crippen LogP contribution is -2.44. The predicted molar refractivity (Wildman–Crippen MR) is 135 cm³/mol. The number of fused-ring (bicyclic) bond motifs is 1. The van der Waals surface area contributed by atoms with Crippen molar-refractivity contribution < 1.29 is 24.1 Å². The molecule has 0 amide bonds. The van der Waals surface area contributed by atoms with E-state index in [0.717, 1.165) is 31.5 Å². The fourth-order valence-corrected chi connectivity index (χ4v) is 5.79. The minimum Gasteiger partial charge on any atom is -0.497 e. The van der Waals surface area contributed by atoms with Gasteiger partial charge in [-0.2, -0.15) is 0 Å². The Morgan fingerprint density at radius 3 is 2.83 bits per heavy atom. The fourth-order valence-electron chi connectivity index (χ4n) is 4.86. The molecule has 2 N–H and O–H groups in total. The van der Waals surface area contributed by atoms with Crippen molar-refractivity contribution in [1.82, 2.24) is 9.88 Å². The molecule has 1 aliphatic heterocycles. The van der Waals surface area contributed by atoms with Crippen LogP contribution in [0.1, 0.15) is 30.9 Å². The van der Waals surface area contributed by atoms with E-state index in [-0.39, 0.29) is 17.9 Å². The molecule has 4 rings (SSSR count). The Balaban J connectivity index is 1.37. The van der Waals surface area contributed by atoms with Gasteiger partial charge in [-0.15, -0.1) is 11.8 Å². The van der Waals surface area contributed by atoms with E-state index in [1.54, 1.807) is 30.0 Å². The highest BCUT2D eigenvalue weighted by Crippen LogP contribution is 2.35. The number of carbonyl (C=O) groups is 1. The zero-order chi connectivity index (χ0) is 24.8. The SMILES string of the molecule is COc1ccc2ncc(F)c([C@H](O)CCC3CCN(CCSc4ccccc4)CC3C(=O)O)c2c1. The summed E-state index contributed by atoms with van der Waals surface area (Å²) in [4.78, 5) is 19.6. The van der Waals surface area contributed by atoms with Crippen LogP contribution >= 0.6 is 11.8 Å². The molecule has 3 aromatic rings. The number of pyridine rings is 1. The summed E-state index contributed by atoms with van der Waals surface area (Å²) in [6.07, 6.45) is 1.61. The molecule has 0 bridgehead atoms. The van der Waals surface area contributed by atoms with Crippen LogP contribution in [0.5, 0.6) is 5.75 Å². The van der Waals surface area contributed by atoms with E-state index in [9.17, 15) is 19.4 Å². The van der Waals surface area contributed by atoms with Crippen LogP contribution in [0, 0.1) is 17.7 Å². The molecular formula is C27H31FN2O4S. The second-order valence-corrected chi connectivity index (χ2v) is 10.1. The number of aliphatic carboxylic acids is 1. The number of aromatic nitrogens is 1. The van der Waals surface area contributed by atoms with Gasteiger partial charge in [0, 0.05) is 34.7 Å². The molecule has 186 valence electrons. The topological polar surface area (TPSA) is 82.9 Å². The van der Waals surface area contributed by atoms with Crippen molar-refractivity contribution in [2.45, 2.75) is 30.3 Å². The van der Waals surface area contributed by atoms with Gasteiger partial charge in [-0.1, -0.05) is 18.2 Å². The molecule has 6 nitrogen and oxygen atoms in total. The highest BCUT2D eigenvalue weighted by molar-refractivity contribution is 7.99. The van der Waals surface area contributed by atoms with Crippen LogP contribution < -0.4 is 4.74 Å². The summed E-state index contributed by atoms with van der Waals surface area (Å²) >= 11 is 1.77. The van der Waals surface area contributed by atoms with Gasteiger partial charge in [0.2, 0.25) is 0 Å². The number of hydrogen-bond donors (Lipinski definition) is 2. The lowest BCUT2D eigenvalue weighted by molar-refractivity contribution is -0.146. The summed E-state index contributed by atoms with van der Waals surface area (Å²) in [5, 5.41) is 21.3. The van der Waals surface area contributed by atoms with Gasteiger partial charge in [0.1, 0.15) is 11.6 Å². The molecule has 0 radical (unpaired) electrons. The largest absolute Gasteiger partial charge is 0.497 e. The van der Waals surface area contributed by atoms with Crippen molar-refractivity contribution in [3.63, 3.8) is 0 Å². The first-order valence-corrected chi connectivity index (χ1v) is 12.9. The number of carboxylic acid groups (broad SMARTS) is 1. The van der Waals surface area contributed by atoms with Gasteiger partial charge < -0.3 is 19.8 Å². The van der Waals surface area contributed by atoms with Gasteiger partial charge in [0.25, 0.3) is 0 Å². The number of aliphatic hydroxyl groups is 1. The third kappa shape index (κ3) is 6.31. The highest BCUT2D eigenvalue weighted by Gasteiger charge is 2.34. The Labute approximate surface area is 209 Å².